The van der Waals surface area contributed by atoms with Gasteiger partial charge in [0.05, 0.1) is 20.8 Å². The molecule has 1 aromatic carbocycles. The average Bonchev–Trinajstić information content (AvgIpc) is 2.71. The number of nitrogens with zero attached hydrogens (tertiary/aromatic N) is 1. The number of methoxy groups -OCH3 is 2. The van der Waals surface area contributed by atoms with Crippen LogP contribution in [-0.2, 0) is 11.3 Å². The van der Waals surface area contributed by atoms with Crippen LogP contribution in [-0.4, -0.2) is 53.6 Å². The number of amides is 1. The van der Waals surface area contributed by atoms with Crippen LogP contribution in [0.2, 0.25) is 0 Å². The first-order chi connectivity index (χ1) is 15.0. The Bertz CT molecular complexity index is 1070. The average molecular weight is 462 g/mol. The molecule has 1 heterocycles. The third-order valence-corrected chi connectivity index (χ3v) is 4.26. The number of benzene rings is 1. The predicted molar refractivity (Wildman–Crippen MR) is 99.4 cm³/mol. The summed E-state index contributed by atoms with van der Waals surface area (Å²) in [6, 6.07) is -0.487. The number of aliphatic hydroxyl groups is 2. The topological polar surface area (TPSA) is 127 Å². The second-order valence-electron chi connectivity index (χ2n) is 6.33. The van der Waals surface area contributed by atoms with E-state index in [1.807, 2.05) is 0 Å². The number of nitrogens with one attached hydrogen (secondary N) is 1. The van der Waals surface area contributed by atoms with E-state index in [0.29, 0.717) is 24.4 Å². The molecule has 0 unspecified atom stereocenters. The van der Waals surface area contributed by atoms with Crippen molar-refractivity contribution in [3.63, 3.8) is 0 Å². The van der Waals surface area contributed by atoms with Crippen molar-refractivity contribution < 1.29 is 46.8 Å². The van der Waals surface area contributed by atoms with Crippen LogP contribution in [0.1, 0.15) is 32.5 Å². The first-order valence-corrected chi connectivity index (χ1v) is 8.81. The van der Waals surface area contributed by atoms with Gasteiger partial charge in [0.25, 0.3) is 12.3 Å². The summed E-state index contributed by atoms with van der Waals surface area (Å²) in [6.45, 7) is -0.730. The fourth-order valence-electron chi connectivity index (χ4n) is 2.87. The lowest BCUT2D eigenvalue weighted by Gasteiger charge is -2.21. The molecule has 1 aromatic heterocycles. The van der Waals surface area contributed by atoms with E-state index in [2.05, 4.69) is 4.74 Å². The van der Waals surface area contributed by atoms with E-state index in [-0.39, 0.29) is 0 Å². The van der Waals surface area contributed by atoms with Gasteiger partial charge in [0.2, 0.25) is 5.43 Å². The van der Waals surface area contributed by atoms with Crippen molar-refractivity contribution in [2.75, 3.05) is 14.2 Å². The number of esters is 1. The van der Waals surface area contributed by atoms with E-state index >= 15 is 0 Å². The Morgan fingerprint density at radius 2 is 1.84 bits per heavy atom. The fourth-order valence-corrected chi connectivity index (χ4v) is 2.87. The molecular formula is C19H18F4N2O7. The number of pyridine rings is 1. The summed E-state index contributed by atoms with van der Waals surface area (Å²) < 4.78 is 64.3. The molecular weight excluding hydrogens is 444 g/mol. The van der Waals surface area contributed by atoms with Gasteiger partial charge in [-0.25, -0.2) is 22.4 Å². The number of hydrogen-bond donors (Lipinski definition) is 3. The normalized spacial score (nSPS) is 12.1. The molecule has 9 nitrogen and oxygen atoms in total. The van der Waals surface area contributed by atoms with Crippen LogP contribution in [0, 0.1) is 11.6 Å². The fraction of sp³-hybridized carbons (Fsp3) is 0.316. The molecule has 13 heteroatoms. The van der Waals surface area contributed by atoms with E-state index in [1.165, 1.54) is 0 Å². The molecule has 0 aliphatic heterocycles. The van der Waals surface area contributed by atoms with E-state index in [0.717, 1.165) is 18.8 Å². The number of hydrogen-bond acceptors (Lipinski definition) is 7. The monoisotopic (exact) mass is 462 g/mol. The second kappa shape index (κ2) is 10.2. The van der Waals surface area contributed by atoms with E-state index in [4.69, 9.17) is 4.74 Å². The lowest BCUT2D eigenvalue weighted by atomic mass is 10.1. The molecule has 0 saturated carbocycles. The van der Waals surface area contributed by atoms with Crippen molar-refractivity contribution in [1.29, 1.82) is 0 Å². The molecule has 0 radical (unpaired) electrons. The molecule has 32 heavy (non-hydrogen) atoms. The minimum absolute atomic E-state index is 0.348. The standard InChI is InChI=1S/C19H18F4N2O7/c1-31-16-14(19(30)32-2)25(7-12(26)27)6-10(15(16)28)18(29)24-13(17(22)23)9-4-3-8(20)5-11(9)21/h3-6,12-13,17,26-27H,7H2,1-2H3,(H,24,29)/t13-/m0/s1. The smallest absolute Gasteiger partial charge is 0.358 e. The van der Waals surface area contributed by atoms with Crippen LogP contribution >= 0.6 is 0 Å². The van der Waals surface area contributed by atoms with Crippen molar-refractivity contribution in [3.05, 3.63) is 63.1 Å². The quantitative estimate of drug-likeness (QED) is 0.303. The summed E-state index contributed by atoms with van der Waals surface area (Å²) in [7, 11) is 1.94. The zero-order valence-electron chi connectivity index (χ0n) is 16.6. The van der Waals surface area contributed by atoms with Gasteiger partial charge in [-0.05, 0) is 6.07 Å². The number of halogens is 4. The Hall–Kier alpha value is -3.45. The van der Waals surface area contributed by atoms with E-state index in [1.54, 1.807) is 5.32 Å². The molecule has 1 atom stereocenters. The van der Waals surface area contributed by atoms with Crippen LogP contribution in [0.5, 0.6) is 5.75 Å². The van der Waals surface area contributed by atoms with Crippen LogP contribution in [0.25, 0.3) is 0 Å². The molecule has 2 rings (SSSR count). The van der Waals surface area contributed by atoms with Crippen LogP contribution in [0.4, 0.5) is 17.6 Å². The van der Waals surface area contributed by atoms with Gasteiger partial charge < -0.3 is 29.6 Å². The number of aromatic nitrogens is 1. The second-order valence-corrected chi connectivity index (χ2v) is 6.33. The summed E-state index contributed by atoms with van der Waals surface area (Å²) in [5, 5.41) is 20.3. The number of aliphatic hydroxyl groups excluding tert-OH is 1. The van der Waals surface area contributed by atoms with Crippen molar-refractivity contribution in [3.8, 4) is 5.75 Å². The van der Waals surface area contributed by atoms with Gasteiger partial charge >= 0.3 is 5.97 Å². The maximum absolute atomic E-state index is 14.0. The molecule has 0 fully saturated rings. The number of alkyl halides is 2. The SMILES string of the molecule is COC(=O)c1c(OC)c(=O)c(C(=O)N[C@@H](c2ccc(F)cc2F)C(F)F)cn1CC(O)O. The minimum Gasteiger partial charge on any atom is -0.491 e. The molecule has 0 bridgehead atoms. The van der Waals surface area contributed by atoms with Gasteiger partial charge in [-0.1, -0.05) is 6.07 Å². The number of rotatable bonds is 8. The first kappa shape index (κ1) is 24.8. The van der Waals surface area contributed by atoms with Gasteiger partial charge in [-0.3, -0.25) is 9.59 Å². The highest BCUT2D eigenvalue weighted by atomic mass is 19.3. The third kappa shape index (κ3) is 5.23. The predicted octanol–water partition coefficient (Wildman–Crippen LogP) is 0.969. The van der Waals surface area contributed by atoms with Crippen molar-refractivity contribution in [1.82, 2.24) is 9.88 Å². The maximum atomic E-state index is 14.0. The molecule has 0 aliphatic carbocycles. The van der Waals surface area contributed by atoms with Gasteiger partial charge in [-0.2, -0.15) is 0 Å². The Kier molecular flexibility index (Phi) is 7.94. The van der Waals surface area contributed by atoms with Crippen molar-refractivity contribution in [2.24, 2.45) is 0 Å². The first-order valence-electron chi connectivity index (χ1n) is 8.81. The maximum Gasteiger partial charge on any atom is 0.358 e. The molecule has 0 aliphatic rings. The summed E-state index contributed by atoms with van der Waals surface area (Å²) >= 11 is 0. The number of ether oxygens (including phenoxy) is 2. The largest absolute Gasteiger partial charge is 0.491 e. The Labute approximate surface area is 177 Å². The van der Waals surface area contributed by atoms with Crippen LogP contribution < -0.4 is 15.5 Å². The highest BCUT2D eigenvalue weighted by molar-refractivity contribution is 5.97. The summed E-state index contributed by atoms with van der Waals surface area (Å²) in [4.78, 5) is 37.4. The highest BCUT2D eigenvalue weighted by Crippen LogP contribution is 2.25. The molecule has 174 valence electrons. The molecule has 0 spiro atoms. The molecule has 0 saturated heterocycles. The van der Waals surface area contributed by atoms with Gasteiger partial charge in [0, 0.05) is 17.8 Å². The van der Waals surface area contributed by atoms with Gasteiger partial charge in [0.1, 0.15) is 23.2 Å². The van der Waals surface area contributed by atoms with Crippen molar-refractivity contribution >= 4 is 11.9 Å². The zero-order valence-corrected chi connectivity index (χ0v) is 16.6. The number of carbonyl (C=O) groups excluding carboxylic acids is 2. The molecule has 1 amide bonds. The summed E-state index contributed by atoms with van der Waals surface area (Å²) in [5.74, 6) is -5.65. The van der Waals surface area contributed by atoms with E-state index in [9.17, 15) is 42.2 Å². The highest BCUT2D eigenvalue weighted by Gasteiger charge is 2.31. The summed E-state index contributed by atoms with van der Waals surface area (Å²) in [5.41, 5.74) is -3.34. The zero-order chi connectivity index (χ0) is 24.2. The van der Waals surface area contributed by atoms with Gasteiger partial charge in [-0.15, -0.1) is 0 Å². The third-order valence-electron chi connectivity index (χ3n) is 4.26. The minimum atomic E-state index is -3.35. The van der Waals surface area contributed by atoms with Crippen LogP contribution in [0.3, 0.4) is 0 Å². The lowest BCUT2D eigenvalue weighted by Crippen LogP contribution is -2.37. The Balaban J connectivity index is 2.58. The summed E-state index contributed by atoms with van der Waals surface area (Å²) in [6.07, 6.45) is -4.70. The lowest BCUT2D eigenvalue weighted by molar-refractivity contribution is -0.0519. The Morgan fingerprint density at radius 1 is 1.19 bits per heavy atom. The van der Waals surface area contributed by atoms with Crippen LogP contribution in [0.15, 0.2) is 29.2 Å². The number of carbonyl (C=O) groups is 2. The van der Waals surface area contributed by atoms with Gasteiger partial charge in [0.15, 0.2) is 17.7 Å². The van der Waals surface area contributed by atoms with Crippen molar-refractivity contribution in [2.45, 2.75) is 25.3 Å². The molecule has 2 aromatic rings. The van der Waals surface area contributed by atoms with E-state index < -0.39 is 76.8 Å². The Morgan fingerprint density at radius 3 is 2.34 bits per heavy atom. The molecule has 3 N–H and O–H groups in total.